The van der Waals surface area contributed by atoms with Gasteiger partial charge in [0.15, 0.2) is 0 Å². The molecule has 2 aromatic rings. The van der Waals surface area contributed by atoms with Crippen molar-refractivity contribution in [2.24, 2.45) is 0 Å². The second kappa shape index (κ2) is 9.07. The van der Waals surface area contributed by atoms with Crippen LogP contribution in [0.1, 0.15) is 5.56 Å². The Kier molecular flexibility index (Phi) is 6.74. The average molecular weight is 431 g/mol. The van der Waals surface area contributed by atoms with Gasteiger partial charge in [0.2, 0.25) is 5.91 Å². The van der Waals surface area contributed by atoms with Gasteiger partial charge in [0, 0.05) is 23.0 Å². The van der Waals surface area contributed by atoms with Crippen molar-refractivity contribution in [2.75, 3.05) is 42.3 Å². The fourth-order valence-corrected chi connectivity index (χ4v) is 3.57. The molecule has 1 saturated heterocycles. The predicted molar refractivity (Wildman–Crippen MR) is 105 cm³/mol. The van der Waals surface area contributed by atoms with Crippen molar-refractivity contribution in [2.45, 2.75) is 11.1 Å². The number of anilines is 2. The van der Waals surface area contributed by atoms with E-state index >= 15 is 0 Å². The van der Waals surface area contributed by atoms with Crippen LogP contribution < -0.4 is 10.2 Å². The molecule has 1 fully saturated rings. The number of rotatable bonds is 5. The fraction of sp³-hybridized carbons (Fsp3) is 0.316. The highest BCUT2D eigenvalue weighted by Crippen LogP contribution is 2.36. The van der Waals surface area contributed by atoms with Crippen molar-refractivity contribution in [3.63, 3.8) is 0 Å². The zero-order chi connectivity index (χ0) is 20.1. The minimum absolute atomic E-state index is 0.130. The Bertz CT molecular complexity index is 825. The Hall–Kier alpha value is -1.90. The van der Waals surface area contributed by atoms with Gasteiger partial charge in [-0.05, 0) is 42.5 Å². The molecule has 1 heterocycles. The molecule has 1 aliphatic heterocycles. The summed E-state index contributed by atoms with van der Waals surface area (Å²) in [4.78, 5) is 15.0. The molecule has 0 bridgehead atoms. The molecular weight excluding hydrogens is 413 g/mol. The van der Waals surface area contributed by atoms with Gasteiger partial charge in [0.05, 0.1) is 35.9 Å². The molecule has 9 heteroatoms. The van der Waals surface area contributed by atoms with Crippen LogP contribution in [0.3, 0.4) is 0 Å². The van der Waals surface area contributed by atoms with Gasteiger partial charge in [-0.25, -0.2) is 0 Å². The standard InChI is InChI=1S/C19H18ClF3N2O2S/c20-14-2-4-15(5-3-14)28-12-18(26)24-16-6-1-13(19(21,22)23)11-17(16)25-7-9-27-10-8-25/h1-6,11H,7-10,12H2,(H,24,26). The highest BCUT2D eigenvalue weighted by atomic mass is 35.5. The molecule has 0 radical (unpaired) electrons. The first-order valence-electron chi connectivity index (χ1n) is 8.55. The fourth-order valence-electron chi connectivity index (χ4n) is 2.75. The highest BCUT2D eigenvalue weighted by Gasteiger charge is 2.32. The molecule has 0 spiro atoms. The second-order valence-electron chi connectivity index (χ2n) is 6.12. The van der Waals surface area contributed by atoms with Crippen molar-refractivity contribution >= 4 is 40.6 Å². The summed E-state index contributed by atoms with van der Waals surface area (Å²) in [6.45, 7) is 1.78. The summed E-state index contributed by atoms with van der Waals surface area (Å²) in [5.41, 5.74) is -0.0397. The van der Waals surface area contributed by atoms with Crippen molar-refractivity contribution in [3.05, 3.63) is 53.1 Å². The first kappa shape index (κ1) is 20.8. The number of hydrogen-bond acceptors (Lipinski definition) is 4. The largest absolute Gasteiger partial charge is 0.416 e. The third-order valence-electron chi connectivity index (χ3n) is 4.13. The molecular formula is C19H18ClF3N2O2S. The van der Waals surface area contributed by atoms with Crippen LogP contribution >= 0.6 is 23.4 Å². The van der Waals surface area contributed by atoms with Crippen molar-refractivity contribution in [1.82, 2.24) is 0 Å². The topological polar surface area (TPSA) is 41.6 Å². The number of thioether (sulfide) groups is 1. The lowest BCUT2D eigenvalue weighted by Crippen LogP contribution is -2.37. The van der Waals surface area contributed by atoms with Crippen LogP contribution in [-0.4, -0.2) is 38.0 Å². The van der Waals surface area contributed by atoms with Crippen LogP contribution in [0.2, 0.25) is 5.02 Å². The van der Waals surface area contributed by atoms with E-state index in [2.05, 4.69) is 5.32 Å². The Labute approximate surface area is 170 Å². The molecule has 0 aliphatic carbocycles. The third kappa shape index (κ3) is 5.56. The predicted octanol–water partition coefficient (Wildman–Crippen LogP) is 4.93. The zero-order valence-electron chi connectivity index (χ0n) is 14.8. The van der Waals surface area contributed by atoms with Gasteiger partial charge in [-0.15, -0.1) is 11.8 Å². The molecule has 28 heavy (non-hydrogen) atoms. The van der Waals surface area contributed by atoms with Crippen molar-refractivity contribution in [3.8, 4) is 0 Å². The van der Waals surface area contributed by atoms with E-state index in [0.717, 1.165) is 17.0 Å². The minimum Gasteiger partial charge on any atom is -0.378 e. The Balaban J connectivity index is 1.73. The molecule has 0 saturated carbocycles. The van der Waals surface area contributed by atoms with Crippen molar-refractivity contribution in [1.29, 1.82) is 0 Å². The van der Waals surface area contributed by atoms with E-state index in [4.69, 9.17) is 16.3 Å². The Morgan fingerprint density at radius 1 is 1.14 bits per heavy atom. The summed E-state index contributed by atoms with van der Waals surface area (Å²) >= 11 is 7.16. The third-order valence-corrected chi connectivity index (χ3v) is 5.40. The van der Waals surface area contributed by atoms with E-state index in [1.54, 1.807) is 29.2 Å². The van der Waals surface area contributed by atoms with Crippen LogP contribution in [0.15, 0.2) is 47.4 Å². The molecule has 4 nitrogen and oxygen atoms in total. The van der Waals surface area contributed by atoms with Crippen molar-refractivity contribution < 1.29 is 22.7 Å². The maximum absolute atomic E-state index is 13.1. The van der Waals surface area contributed by atoms with Gasteiger partial charge in [-0.3, -0.25) is 4.79 Å². The summed E-state index contributed by atoms with van der Waals surface area (Å²) in [7, 11) is 0. The van der Waals surface area contributed by atoms with Crippen LogP contribution in [0, 0.1) is 0 Å². The van der Waals surface area contributed by atoms with Gasteiger partial charge < -0.3 is 15.0 Å². The van der Waals surface area contributed by atoms with Gasteiger partial charge in [0.25, 0.3) is 0 Å². The number of benzene rings is 2. The monoisotopic (exact) mass is 430 g/mol. The van der Waals surface area contributed by atoms with Crippen LogP contribution in [-0.2, 0) is 15.7 Å². The molecule has 1 aliphatic rings. The number of morpholine rings is 1. The number of amides is 1. The zero-order valence-corrected chi connectivity index (χ0v) is 16.3. The smallest absolute Gasteiger partial charge is 0.378 e. The summed E-state index contributed by atoms with van der Waals surface area (Å²) in [5, 5.41) is 3.34. The molecule has 0 aromatic heterocycles. The van der Waals surface area contributed by atoms with Crippen LogP contribution in [0.5, 0.6) is 0 Å². The maximum Gasteiger partial charge on any atom is 0.416 e. The summed E-state index contributed by atoms with van der Waals surface area (Å²) in [6, 6.07) is 10.4. The van der Waals surface area contributed by atoms with Gasteiger partial charge in [-0.2, -0.15) is 13.2 Å². The number of hydrogen-bond donors (Lipinski definition) is 1. The molecule has 0 unspecified atom stereocenters. The van der Waals surface area contributed by atoms with Crippen LogP contribution in [0.4, 0.5) is 24.5 Å². The number of ether oxygens (including phenoxy) is 1. The lowest BCUT2D eigenvalue weighted by Gasteiger charge is -2.31. The van der Waals surface area contributed by atoms with E-state index in [1.807, 2.05) is 0 Å². The molecule has 1 amide bonds. The average Bonchev–Trinajstić information content (AvgIpc) is 2.68. The summed E-state index contributed by atoms with van der Waals surface area (Å²) in [6.07, 6.45) is -4.45. The second-order valence-corrected chi connectivity index (χ2v) is 7.61. The summed E-state index contributed by atoms with van der Waals surface area (Å²) < 4.78 is 44.6. The van der Waals surface area contributed by atoms with E-state index in [-0.39, 0.29) is 11.7 Å². The molecule has 150 valence electrons. The van der Waals surface area contributed by atoms with E-state index in [9.17, 15) is 18.0 Å². The first-order chi connectivity index (χ1) is 13.3. The van der Waals surface area contributed by atoms with E-state index in [0.29, 0.717) is 42.7 Å². The van der Waals surface area contributed by atoms with E-state index < -0.39 is 11.7 Å². The lowest BCUT2D eigenvalue weighted by atomic mass is 10.1. The number of carbonyl (C=O) groups is 1. The lowest BCUT2D eigenvalue weighted by molar-refractivity contribution is -0.137. The Morgan fingerprint density at radius 2 is 1.82 bits per heavy atom. The molecule has 3 rings (SSSR count). The maximum atomic E-state index is 13.1. The summed E-state index contributed by atoms with van der Waals surface area (Å²) in [5.74, 6) is -0.167. The van der Waals surface area contributed by atoms with E-state index in [1.165, 1.54) is 17.8 Å². The number of nitrogens with zero attached hydrogens (tertiary/aromatic N) is 1. The molecule has 1 N–H and O–H groups in total. The number of halogens is 4. The van der Waals surface area contributed by atoms with Gasteiger partial charge >= 0.3 is 6.18 Å². The molecule has 2 aromatic carbocycles. The van der Waals surface area contributed by atoms with Crippen LogP contribution in [0.25, 0.3) is 0 Å². The van der Waals surface area contributed by atoms with Gasteiger partial charge in [0.1, 0.15) is 0 Å². The van der Waals surface area contributed by atoms with Gasteiger partial charge in [-0.1, -0.05) is 11.6 Å². The SMILES string of the molecule is O=C(CSc1ccc(Cl)cc1)Nc1ccc(C(F)(F)F)cc1N1CCOCC1. The first-order valence-corrected chi connectivity index (χ1v) is 9.91. The quantitative estimate of drug-likeness (QED) is 0.683. The highest BCUT2D eigenvalue weighted by molar-refractivity contribution is 8.00. The Morgan fingerprint density at radius 3 is 2.46 bits per heavy atom. The number of carbonyl (C=O) groups excluding carboxylic acids is 1. The minimum atomic E-state index is -4.45. The number of nitrogens with one attached hydrogen (secondary N) is 1. The number of alkyl halides is 3. The molecule has 0 atom stereocenters. The normalized spacial score (nSPS) is 14.8.